The van der Waals surface area contributed by atoms with Crippen LogP contribution in [0.3, 0.4) is 0 Å². The van der Waals surface area contributed by atoms with Gasteiger partial charge in [-0.2, -0.15) is 0 Å². The second-order valence-corrected chi connectivity index (χ2v) is 4.62. The van der Waals surface area contributed by atoms with Crippen LogP contribution in [-0.2, 0) is 0 Å². The number of hydrogen-bond acceptors (Lipinski definition) is 1. The summed E-state index contributed by atoms with van der Waals surface area (Å²) in [6, 6.07) is 0. The van der Waals surface area contributed by atoms with Gasteiger partial charge in [0.2, 0.25) is 0 Å². The lowest BCUT2D eigenvalue weighted by Crippen LogP contribution is -2.24. The van der Waals surface area contributed by atoms with Gasteiger partial charge in [-0.15, -0.1) is 0 Å². The fourth-order valence-corrected chi connectivity index (χ4v) is 1.70. The van der Waals surface area contributed by atoms with Crippen LogP contribution >= 0.6 is 0 Å². The molecule has 1 saturated carbocycles. The molecular weight excluding hydrogens is 134 g/mol. The Bertz CT molecular complexity index is 131. The Morgan fingerprint density at radius 3 is 2.45 bits per heavy atom. The molecule has 0 heterocycles. The molecule has 0 aromatic rings. The van der Waals surface area contributed by atoms with Gasteiger partial charge in [0.15, 0.2) is 0 Å². The van der Waals surface area contributed by atoms with Gasteiger partial charge in [0.25, 0.3) is 0 Å². The second kappa shape index (κ2) is 3.14. The van der Waals surface area contributed by atoms with Gasteiger partial charge in [-0.05, 0) is 24.7 Å². The van der Waals surface area contributed by atoms with Gasteiger partial charge >= 0.3 is 0 Å². The fraction of sp³-hybridized carbons (Fsp3) is 1.00. The molecule has 11 heavy (non-hydrogen) atoms. The Labute approximate surface area is 70.4 Å². The standard InChI is InChI=1S/C10H21N/c1-8(2)5-4-6-10(11)7-9(10)3/h8-9H,4-7,11H2,1-3H3. The summed E-state index contributed by atoms with van der Waals surface area (Å²) in [7, 11) is 0. The van der Waals surface area contributed by atoms with Crippen LogP contribution in [0.2, 0.25) is 0 Å². The summed E-state index contributed by atoms with van der Waals surface area (Å²) >= 11 is 0. The van der Waals surface area contributed by atoms with E-state index in [1.807, 2.05) is 0 Å². The van der Waals surface area contributed by atoms with E-state index in [2.05, 4.69) is 20.8 Å². The van der Waals surface area contributed by atoms with Gasteiger partial charge in [-0.1, -0.05) is 33.6 Å². The van der Waals surface area contributed by atoms with Crippen molar-refractivity contribution in [2.75, 3.05) is 0 Å². The van der Waals surface area contributed by atoms with Crippen LogP contribution in [0.1, 0.15) is 46.5 Å². The van der Waals surface area contributed by atoms with Gasteiger partial charge in [-0.25, -0.2) is 0 Å². The van der Waals surface area contributed by atoms with Gasteiger partial charge in [0.05, 0.1) is 0 Å². The first-order chi connectivity index (χ1) is 5.04. The van der Waals surface area contributed by atoms with Crippen molar-refractivity contribution in [2.24, 2.45) is 17.6 Å². The lowest BCUT2D eigenvalue weighted by molar-refractivity contribution is 0.475. The zero-order chi connectivity index (χ0) is 8.48. The molecule has 1 aliphatic rings. The Kier molecular flexibility index (Phi) is 2.58. The van der Waals surface area contributed by atoms with E-state index < -0.39 is 0 Å². The summed E-state index contributed by atoms with van der Waals surface area (Å²) in [5, 5.41) is 0. The smallest absolute Gasteiger partial charge is 0.0184 e. The van der Waals surface area contributed by atoms with Crippen LogP contribution < -0.4 is 5.73 Å². The minimum Gasteiger partial charge on any atom is -0.325 e. The third-order valence-electron chi connectivity index (χ3n) is 2.93. The number of nitrogens with two attached hydrogens (primary N) is 1. The van der Waals surface area contributed by atoms with Crippen molar-refractivity contribution in [3.63, 3.8) is 0 Å². The van der Waals surface area contributed by atoms with Gasteiger partial charge in [0, 0.05) is 5.54 Å². The SMILES string of the molecule is CC(C)CCCC1(N)CC1C. The summed E-state index contributed by atoms with van der Waals surface area (Å²) in [5.41, 5.74) is 6.32. The van der Waals surface area contributed by atoms with Crippen molar-refractivity contribution in [3.8, 4) is 0 Å². The number of rotatable bonds is 4. The van der Waals surface area contributed by atoms with Crippen LogP contribution in [-0.4, -0.2) is 5.54 Å². The maximum atomic E-state index is 6.08. The minimum atomic E-state index is 0.245. The van der Waals surface area contributed by atoms with Gasteiger partial charge < -0.3 is 5.73 Å². The molecule has 2 N–H and O–H groups in total. The molecule has 2 unspecified atom stereocenters. The molecule has 0 saturated heterocycles. The first kappa shape index (κ1) is 9.05. The van der Waals surface area contributed by atoms with Crippen molar-refractivity contribution >= 4 is 0 Å². The topological polar surface area (TPSA) is 26.0 Å². The maximum Gasteiger partial charge on any atom is 0.0184 e. The molecule has 1 fully saturated rings. The average molecular weight is 155 g/mol. The van der Waals surface area contributed by atoms with Gasteiger partial charge in [-0.3, -0.25) is 0 Å². The molecule has 1 nitrogen and oxygen atoms in total. The van der Waals surface area contributed by atoms with E-state index in [0.717, 1.165) is 11.8 Å². The van der Waals surface area contributed by atoms with Crippen molar-refractivity contribution in [3.05, 3.63) is 0 Å². The van der Waals surface area contributed by atoms with E-state index in [-0.39, 0.29) is 5.54 Å². The van der Waals surface area contributed by atoms with Crippen molar-refractivity contribution in [2.45, 2.75) is 52.0 Å². The number of hydrogen-bond donors (Lipinski definition) is 1. The van der Waals surface area contributed by atoms with E-state index in [1.165, 1.54) is 25.7 Å². The maximum absolute atomic E-state index is 6.08. The van der Waals surface area contributed by atoms with Crippen molar-refractivity contribution in [1.29, 1.82) is 0 Å². The summed E-state index contributed by atoms with van der Waals surface area (Å²) in [4.78, 5) is 0. The normalized spacial score (nSPS) is 36.3. The summed E-state index contributed by atoms with van der Waals surface area (Å²) in [6.07, 6.45) is 5.15. The van der Waals surface area contributed by atoms with Crippen LogP contribution in [0.5, 0.6) is 0 Å². The molecular formula is C10H21N. The largest absolute Gasteiger partial charge is 0.325 e. The molecule has 66 valence electrons. The van der Waals surface area contributed by atoms with E-state index in [9.17, 15) is 0 Å². The van der Waals surface area contributed by atoms with E-state index >= 15 is 0 Å². The monoisotopic (exact) mass is 155 g/mol. The molecule has 0 bridgehead atoms. The zero-order valence-electron chi connectivity index (χ0n) is 8.06. The van der Waals surface area contributed by atoms with Crippen molar-refractivity contribution in [1.82, 2.24) is 0 Å². The van der Waals surface area contributed by atoms with Gasteiger partial charge in [0.1, 0.15) is 0 Å². The molecule has 0 amide bonds. The van der Waals surface area contributed by atoms with Crippen LogP contribution in [0, 0.1) is 11.8 Å². The lowest BCUT2D eigenvalue weighted by atomic mass is 10.0. The van der Waals surface area contributed by atoms with Crippen LogP contribution in [0.15, 0.2) is 0 Å². The Hall–Kier alpha value is -0.0400. The highest BCUT2D eigenvalue weighted by Gasteiger charge is 2.46. The fourth-order valence-electron chi connectivity index (χ4n) is 1.70. The van der Waals surface area contributed by atoms with E-state index in [1.54, 1.807) is 0 Å². The molecule has 0 aromatic carbocycles. The predicted molar refractivity (Wildman–Crippen MR) is 49.4 cm³/mol. The highest BCUT2D eigenvalue weighted by atomic mass is 14.8. The summed E-state index contributed by atoms with van der Waals surface area (Å²) in [5.74, 6) is 1.63. The molecule has 2 atom stereocenters. The van der Waals surface area contributed by atoms with Crippen LogP contribution in [0.25, 0.3) is 0 Å². The lowest BCUT2D eigenvalue weighted by Gasteiger charge is -2.10. The molecule has 1 rings (SSSR count). The molecule has 0 aromatic heterocycles. The first-order valence-corrected chi connectivity index (χ1v) is 4.83. The minimum absolute atomic E-state index is 0.245. The molecule has 0 aliphatic heterocycles. The Balaban J connectivity index is 2.04. The summed E-state index contributed by atoms with van der Waals surface area (Å²) < 4.78 is 0. The van der Waals surface area contributed by atoms with E-state index in [4.69, 9.17) is 5.73 Å². The third-order valence-corrected chi connectivity index (χ3v) is 2.93. The zero-order valence-corrected chi connectivity index (χ0v) is 8.06. The third kappa shape index (κ3) is 2.48. The molecule has 0 spiro atoms. The highest BCUT2D eigenvalue weighted by molar-refractivity contribution is 5.04. The van der Waals surface area contributed by atoms with Crippen LogP contribution in [0.4, 0.5) is 0 Å². The predicted octanol–water partition coefficient (Wildman–Crippen LogP) is 2.55. The van der Waals surface area contributed by atoms with Crippen molar-refractivity contribution < 1.29 is 0 Å². The highest BCUT2D eigenvalue weighted by Crippen LogP contribution is 2.44. The first-order valence-electron chi connectivity index (χ1n) is 4.83. The second-order valence-electron chi connectivity index (χ2n) is 4.62. The molecule has 1 aliphatic carbocycles. The molecule has 1 heteroatoms. The summed E-state index contributed by atoms with van der Waals surface area (Å²) in [6.45, 7) is 6.81. The average Bonchev–Trinajstić information content (AvgIpc) is 2.39. The Morgan fingerprint density at radius 1 is 1.55 bits per heavy atom. The Morgan fingerprint density at radius 2 is 2.09 bits per heavy atom. The quantitative estimate of drug-likeness (QED) is 0.663. The molecule has 0 radical (unpaired) electrons. The van der Waals surface area contributed by atoms with E-state index in [0.29, 0.717) is 0 Å².